The van der Waals surface area contributed by atoms with Crippen molar-refractivity contribution >= 4 is 10.1 Å². The van der Waals surface area contributed by atoms with E-state index in [9.17, 15) is 8.42 Å². The molecule has 20 heavy (non-hydrogen) atoms. The van der Waals surface area contributed by atoms with Crippen LogP contribution in [0.1, 0.15) is 90.9 Å². The van der Waals surface area contributed by atoms with Gasteiger partial charge in [0.25, 0.3) is 10.1 Å². The normalized spacial score (nSPS) is 11.9. The second-order valence-corrected chi connectivity index (χ2v) is 7.38. The third-order valence-electron chi connectivity index (χ3n) is 3.46. The Morgan fingerprint density at radius 2 is 1.10 bits per heavy atom. The van der Waals surface area contributed by atoms with Crippen molar-refractivity contribution in [2.24, 2.45) is 0 Å². The van der Waals surface area contributed by atoms with E-state index >= 15 is 0 Å². The average Bonchev–Trinajstić information content (AvgIpc) is 2.42. The Balaban J connectivity index is 3.24. The van der Waals surface area contributed by atoms with E-state index in [4.69, 9.17) is 4.18 Å². The van der Waals surface area contributed by atoms with E-state index in [1.54, 1.807) is 0 Å². The molecule has 0 radical (unpaired) electrons. The van der Waals surface area contributed by atoms with Gasteiger partial charge in [-0.05, 0) is 12.8 Å². The predicted octanol–water partition coefficient (Wildman–Crippen LogP) is 5.05. The van der Waals surface area contributed by atoms with E-state index in [2.05, 4.69) is 6.92 Å². The quantitative estimate of drug-likeness (QED) is 0.314. The van der Waals surface area contributed by atoms with Gasteiger partial charge in [-0.1, -0.05) is 78.1 Å². The minimum Gasteiger partial charge on any atom is -0.270 e. The van der Waals surface area contributed by atoms with Gasteiger partial charge < -0.3 is 0 Å². The first kappa shape index (κ1) is 19.9. The SMILES string of the molecule is CCCCCCCCCCCCCS(=O)(=O)OCCC. The largest absolute Gasteiger partial charge is 0.270 e. The van der Waals surface area contributed by atoms with Gasteiger partial charge in [0.1, 0.15) is 0 Å². The molecule has 0 aliphatic carbocycles. The van der Waals surface area contributed by atoms with Crippen molar-refractivity contribution in [1.29, 1.82) is 0 Å². The summed E-state index contributed by atoms with van der Waals surface area (Å²) in [6.07, 6.45) is 14.3. The van der Waals surface area contributed by atoms with Crippen LogP contribution in [0.25, 0.3) is 0 Å². The van der Waals surface area contributed by atoms with Crippen LogP contribution in [0.4, 0.5) is 0 Å². The summed E-state index contributed by atoms with van der Waals surface area (Å²) in [5.41, 5.74) is 0. The smallest absolute Gasteiger partial charge is 0.267 e. The summed E-state index contributed by atoms with van der Waals surface area (Å²) in [7, 11) is -3.25. The third kappa shape index (κ3) is 14.3. The van der Waals surface area contributed by atoms with Crippen molar-refractivity contribution in [3.8, 4) is 0 Å². The van der Waals surface area contributed by atoms with Gasteiger partial charge in [0.05, 0.1) is 12.4 Å². The van der Waals surface area contributed by atoms with Crippen LogP contribution in [-0.4, -0.2) is 20.8 Å². The van der Waals surface area contributed by atoms with E-state index < -0.39 is 10.1 Å². The highest BCUT2D eigenvalue weighted by Gasteiger charge is 2.09. The summed E-state index contributed by atoms with van der Waals surface area (Å²) in [4.78, 5) is 0. The maximum Gasteiger partial charge on any atom is 0.267 e. The van der Waals surface area contributed by atoms with E-state index in [1.807, 2.05) is 6.92 Å². The van der Waals surface area contributed by atoms with Crippen molar-refractivity contribution in [3.63, 3.8) is 0 Å². The van der Waals surface area contributed by atoms with Gasteiger partial charge in [0.2, 0.25) is 0 Å². The summed E-state index contributed by atoms with van der Waals surface area (Å²) in [5, 5.41) is 0. The average molecular weight is 307 g/mol. The first-order valence-corrected chi connectivity index (χ1v) is 10.1. The first-order chi connectivity index (χ1) is 9.62. The molecule has 0 aromatic rings. The molecule has 0 aromatic heterocycles. The molecule has 3 nitrogen and oxygen atoms in total. The van der Waals surface area contributed by atoms with Gasteiger partial charge in [0, 0.05) is 0 Å². The molecule has 122 valence electrons. The van der Waals surface area contributed by atoms with Gasteiger partial charge in [0.15, 0.2) is 0 Å². The van der Waals surface area contributed by atoms with E-state index in [1.165, 1.54) is 51.4 Å². The highest BCUT2D eigenvalue weighted by Crippen LogP contribution is 2.11. The maximum absolute atomic E-state index is 11.4. The first-order valence-electron chi connectivity index (χ1n) is 8.49. The van der Waals surface area contributed by atoms with Gasteiger partial charge in [-0.25, -0.2) is 0 Å². The Morgan fingerprint density at radius 3 is 1.55 bits per heavy atom. The molecule has 0 saturated heterocycles. The Labute approximate surface area is 126 Å². The Morgan fingerprint density at radius 1 is 0.650 bits per heavy atom. The molecule has 0 amide bonds. The molecule has 0 unspecified atom stereocenters. The van der Waals surface area contributed by atoms with E-state index in [-0.39, 0.29) is 5.75 Å². The molecule has 0 aliphatic heterocycles. The fourth-order valence-electron chi connectivity index (χ4n) is 2.21. The lowest BCUT2D eigenvalue weighted by Crippen LogP contribution is -2.11. The monoisotopic (exact) mass is 306 g/mol. The molecular weight excluding hydrogens is 272 g/mol. The van der Waals surface area contributed by atoms with Gasteiger partial charge in [-0.3, -0.25) is 4.18 Å². The molecule has 0 spiro atoms. The van der Waals surface area contributed by atoms with E-state index in [0.717, 1.165) is 25.7 Å². The van der Waals surface area contributed by atoms with Crippen LogP contribution < -0.4 is 0 Å². The number of hydrogen-bond acceptors (Lipinski definition) is 3. The fourth-order valence-corrected chi connectivity index (χ4v) is 3.31. The molecular formula is C16H34O3S. The van der Waals surface area contributed by atoms with Crippen molar-refractivity contribution in [2.45, 2.75) is 90.9 Å². The van der Waals surface area contributed by atoms with Crippen LogP contribution in [0.2, 0.25) is 0 Å². The molecule has 0 fully saturated rings. The van der Waals surface area contributed by atoms with Crippen LogP contribution in [0.15, 0.2) is 0 Å². The van der Waals surface area contributed by atoms with Crippen molar-refractivity contribution < 1.29 is 12.6 Å². The third-order valence-corrected chi connectivity index (χ3v) is 4.78. The molecule has 0 heterocycles. The minimum atomic E-state index is -3.25. The summed E-state index contributed by atoms with van der Waals surface area (Å²) >= 11 is 0. The molecule has 0 bridgehead atoms. The molecule has 0 N–H and O–H groups in total. The number of rotatable bonds is 15. The highest BCUT2D eigenvalue weighted by atomic mass is 32.2. The van der Waals surface area contributed by atoms with Crippen molar-refractivity contribution in [2.75, 3.05) is 12.4 Å². The van der Waals surface area contributed by atoms with Crippen LogP contribution >= 0.6 is 0 Å². The van der Waals surface area contributed by atoms with Crippen molar-refractivity contribution in [1.82, 2.24) is 0 Å². The Bertz CT molecular complexity index is 286. The van der Waals surface area contributed by atoms with Gasteiger partial charge in [-0.15, -0.1) is 0 Å². The second kappa shape index (κ2) is 13.9. The lowest BCUT2D eigenvalue weighted by Gasteiger charge is -2.04. The Kier molecular flexibility index (Phi) is 13.8. The van der Waals surface area contributed by atoms with Crippen molar-refractivity contribution in [3.05, 3.63) is 0 Å². The number of unbranched alkanes of at least 4 members (excludes halogenated alkanes) is 10. The lowest BCUT2D eigenvalue weighted by atomic mass is 10.1. The molecule has 4 heteroatoms. The van der Waals surface area contributed by atoms with Gasteiger partial charge in [-0.2, -0.15) is 8.42 Å². The summed E-state index contributed by atoms with van der Waals surface area (Å²) in [6.45, 7) is 4.48. The molecule has 0 saturated carbocycles. The zero-order valence-electron chi connectivity index (χ0n) is 13.5. The van der Waals surface area contributed by atoms with Crippen LogP contribution in [0.3, 0.4) is 0 Å². The standard InChI is InChI=1S/C16H34O3S/c1-3-5-6-7-8-9-10-11-12-13-14-16-20(17,18)19-15-4-2/h3-16H2,1-2H3. The minimum absolute atomic E-state index is 0.185. The maximum atomic E-state index is 11.4. The summed E-state index contributed by atoms with van der Waals surface area (Å²) in [6, 6.07) is 0. The predicted molar refractivity (Wildman–Crippen MR) is 86.5 cm³/mol. The molecule has 0 aromatic carbocycles. The zero-order chi connectivity index (χ0) is 15.1. The Hall–Kier alpha value is -0.0900. The van der Waals surface area contributed by atoms with Crippen LogP contribution in [0, 0.1) is 0 Å². The fraction of sp³-hybridized carbons (Fsp3) is 1.00. The van der Waals surface area contributed by atoms with E-state index in [0.29, 0.717) is 6.61 Å². The summed E-state index contributed by atoms with van der Waals surface area (Å²) in [5.74, 6) is 0.185. The molecule has 0 rings (SSSR count). The van der Waals surface area contributed by atoms with Gasteiger partial charge >= 0.3 is 0 Å². The highest BCUT2D eigenvalue weighted by molar-refractivity contribution is 7.86. The van der Waals surface area contributed by atoms with Crippen LogP contribution in [-0.2, 0) is 14.3 Å². The summed E-state index contributed by atoms with van der Waals surface area (Å²) < 4.78 is 27.7. The number of hydrogen-bond donors (Lipinski definition) is 0. The molecule has 0 aliphatic rings. The molecule has 0 atom stereocenters. The topological polar surface area (TPSA) is 43.4 Å². The van der Waals surface area contributed by atoms with Crippen LogP contribution in [0.5, 0.6) is 0 Å². The second-order valence-electron chi connectivity index (χ2n) is 5.62. The zero-order valence-corrected chi connectivity index (χ0v) is 14.3. The lowest BCUT2D eigenvalue weighted by molar-refractivity contribution is 0.317.